The Morgan fingerprint density at radius 1 is 1.56 bits per heavy atom. The van der Waals surface area contributed by atoms with Gasteiger partial charge < -0.3 is 9.15 Å². The van der Waals surface area contributed by atoms with Crippen molar-refractivity contribution in [2.45, 2.75) is 18.4 Å². The number of halogens is 4. The average Bonchev–Trinajstić information content (AvgIpc) is 2.61. The van der Waals surface area contributed by atoms with E-state index in [1.54, 1.807) is 0 Å². The van der Waals surface area contributed by atoms with Crippen molar-refractivity contribution < 1.29 is 27.1 Å². The van der Waals surface area contributed by atoms with Crippen molar-refractivity contribution >= 4 is 21.9 Å². The van der Waals surface area contributed by atoms with E-state index in [1.807, 2.05) is 0 Å². The van der Waals surface area contributed by atoms with Crippen LogP contribution in [-0.2, 0) is 16.2 Å². The van der Waals surface area contributed by atoms with E-state index in [1.165, 1.54) is 6.92 Å². The van der Waals surface area contributed by atoms with Gasteiger partial charge in [-0.25, -0.2) is 4.79 Å². The lowest BCUT2D eigenvalue weighted by atomic mass is 10.2. The Balaban J connectivity index is 3.15. The number of furan rings is 1. The van der Waals surface area contributed by atoms with E-state index in [0.29, 0.717) is 0 Å². The van der Waals surface area contributed by atoms with Crippen LogP contribution in [0.3, 0.4) is 0 Å². The SMILES string of the molecule is CCOC(=O)c1cc(CBr)oc1C(F)(F)F. The van der Waals surface area contributed by atoms with Crippen molar-refractivity contribution in [3.8, 4) is 0 Å². The Morgan fingerprint density at radius 3 is 2.62 bits per heavy atom. The molecule has 0 radical (unpaired) electrons. The molecule has 0 bridgehead atoms. The molecule has 0 spiro atoms. The van der Waals surface area contributed by atoms with Gasteiger partial charge in [0.1, 0.15) is 11.3 Å². The maximum atomic E-state index is 12.5. The number of hydrogen-bond donors (Lipinski definition) is 0. The molecule has 1 rings (SSSR count). The molecule has 1 aromatic heterocycles. The van der Waals surface area contributed by atoms with Crippen molar-refractivity contribution in [3.63, 3.8) is 0 Å². The molecule has 3 nitrogen and oxygen atoms in total. The summed E-state index contributed by atoms with van der Waals surface area (Å²) >= 11 is 2.95. The normalized spacial score (nSPS) is 11.6. The average molecular weight is 301 g/mol. The molecule has 1 heterocycles. The van der Waals surface area contributed by atoms with Crippen molar-refractivity contribution in [2.24, 2.45) is 0 Å². The molecule has 0 saturated carbocycles. The summed E-state index contributed by atoms with van der Waals surface area (Å²) in [5.41, 5.74) is -0.594. The molecule has 0 aliphatic rings. The molecule has 0 unspecified atom stereocenters. The van der Waals surface area contributed by atoms with Crippen LogP contribution in [0.5, 0.6) is 0 Å². The molecule has 0 N–H and O–H groups in total. The molecular formula is C9H8BrF3O3. The minimum Gasteiger partial charge on any atom is -0.462 e. The third-order valence-corrected chi connectivity index (χ3v) is 2.22. The Bertz CT molecular complexity index is 384. The highest BCUT2D eigenvalue weighted by Gasteiger charge is 2.40. The minimum absolute atomic E-state index is 0.00492. The molecule has 90 valence electrons. The summed E-state index contributed by atoms with van der Waals surface area (Å²) < 4.78 is 46.5. The lowest BCUT2D eigenvalue weighted by molar-refractivity contribution is -0.153. The van der Waals surface area contributed by atoms with Gasteiger partial charge in [0.25, 0.3) is 0 Å². The Kier molecular flexibility index (Phi) is 4.01. The molecular weight excluding hydrogens is 293 g/mol. The number of carbonyl (C=O) groups excluding carboxylic acids is 1. The highest BCUT2D eigenvalue weighted by molar-refractivity contribution is 9.08. The molecule has 1 aromatic rings. The number of hydrogen-bond acceptors (Lipinski definition) is 3. The van der Waals surface area contributed by atoms with Crippen molar-refractivity contribution in [3.05, 3.63) is 23.2 Å². The zero-order chi connectivity index (χ0) is 12.3. The Morgan fingerprint density at radius 2 is 2.19 bits per heavy atom. The molecule has 0 aliphatic heterocycles. The first kappa shape index (κ1) is 13.1. The summed E-state index contributed by atoms with van der Waals surface area (Å²) in [6.45, 7) is 1.52. The van der Waals surface area contributed by atoms with Crippen LogP contribution in [-0.4, -0.2) is 12.6 Å². The fourth-order valence-corrected chi connectivity index (χ4v) is 1.36. The van der Waals surface area contributed by atoms with Crippen LogP contribution in [0.15, 0.2) is 10.5 Å². The van der Waals surface area contributed by atoms with Crippen LogP contribution < -0.4 is 0 Å². The van der Waals surface area contributed by atoms with Crippen molar-refractivity contribution in [2.75, 3.05) is 6.61 Å². The van der Waals surface area contributed by atoms with Gasteiger partial charge in [-0.2, -0.15) is 13.2 Å². The van der Waals surface area contributed by atoms with Crippen molar-refractivity contribution in [1.29, 1.82) is 0 Å². The smallest absolute Gasteiger partial charge is 0.450 e. The summed E-state index contributed by atoms with van der Waals surface area (Å²) in [7, 11) is 0. The van der Waals surface area contributed by atoms with Gasteiger partial charge in [-0.3, -0.25) is 0 Å². The third-order valence-electron chi connectivity index (χ3n) is 1.67. The van der Waals surface area contributed by atoms with Crippen LogP contribution >= 0.6 is 15.9 Å². The third kappa shape index (κ3) is 2.78. The van der Waals surface area contributed by atoms with Gasteiger partial charge in [0, 0.05) is 0 Å². The molecule has 0 amide bonds. The number of ether oxygens (including phenoxy) is 1. The van der Waals surface area contributed by atoms with Gasteiger partial charge in [0.2, 0.25) is 5.76 Å². The zero-order valence-electron chi connectivity index (χ0n) is 8.23. The standard InChI is InChI=1S/C9H8BrF3O3/c1-2-15-8(14)6-3-5(4-10)16-7(6)9(11,12)13/h3H,2,4H2,1H3. The molecule has 0 fully saturated rings. The molecule has 0 saturated heterocycles. The maximum absolute atomic E-state index is 12.5. The van der Waals surface area contributed by atoms with E-state index >= 15 is 0 Å². The highest BCUT2D eigenvalue weighted by atomic mass is 79.9. The Labute approximate surface area is 97.7 Å². The predicted molar refractivity (Wildman–Crippen MR) is 52.3 cm³/mol. The van der Waals surface area contributed by atoms with Crippen molar-refractivity contribution in [1.82, 2.24) is 0 Å². The first-order valence-electron chi connectivity index (χ1n) is 4.33. The molecule has 0 aliphatic carbocycles. The number of alkyl halides is 4. The topological polar surface area (TPSA) is 39.4 Å². The van der Waals surface area contributed by atoms with Crippen LogP contribution in [0.2, 0.25) is 0 Å². The fraction of sp³-hybridized carbons (Fsp3) is 0.444. The molecule has 0 aromatic carbocycles. The highest BCUT2D eigenvalue weighted by Crippen LogP contribution is 2.35. The summed E-state index contributed by atoms with van der Waals surface area (Å²) in [5, 5.41) is 0.0927. The second-order valence-electron chi connectivity index (χ2n) is 2.81. The molecule has 0 atom stereocenters. The van der Waals surface area contributed by atoms with Gasteiger partial charge >= 0.3 is 12.1 Å². The van der Waals surface area contributed by atoms with Gasteiger partial charge in [-0.05, 0) is 13.0 Å². The van der Waals surface area contributed by atoms with E-state index in [0.717, 1.165) is 6.07 Å². The van der Waals surface area contributed by atoms with Crippen LogP contribution in [0.4, 0.5) is 13.2 Å². The van der Waals surface area contributed by atoms with E-state index in [4.69, 9.17) is 0 Å². The van der Waals surface area contributed by atoms with Crippen LogP contribution in [0.25, 0.3) is 0 Å². The molecule has 16 heavy (non-hydrogen) atoms. The van der Waals surface area contributed by atoms with Gasteiger partial charge in [-0.1, -0.05) is 15.9 Å². The van der Waals surface area contributed by atoms with Gasteiger partial charge in [0.05, 0.1) is 11.9 Å². The van der Waals surface area contributed by atoms with E-state index in [2.05, 4.69) is 25.1 Å². The number of carbonyl (C=O) groups is 1. The van der Waals surface area contributed by atoms with Gasteiger partial charge in [0.15, 0.2) is 0 Å². The second kappa shape index (κ2) is 4.90. The fourth-order valence-electron chi connectivity index (χ4n) is 1.08. The largest absolute Gasteiger partial charge is 0.462 e. The number of esters is 1. The first-order chi connectivity index (χ1) is 7.40. The van der Waals surface area contributed by atoms with Crippen LogP contribution in [0.1, 0.15) is 28.8 Å². The maximum Gasteiger partial charge on any atom is 0.450 e. The monoisotopic (exact) mass is 300 g/mol. The summed E-state index contributed by atoms with van der Waals surface area (Å²) in [5.74, 6) is -2.33. The number of rotatable bonds is 3. The lowest BCUT2D eigenvalue weighted by Crippen LogP contribution is -2.12. The van der Waals surface area contributed by atoms with E-state index < -0.39 is 23.5 Å². The Hall–Kier alpha value is -0.980. The zero-order valence-corrected chi connectivity index (χ0v) is 9.81. The predicted octanol–water partition coefficient (Wildman–Crippen LogP) is 3.37. The van der Waals surface area contributed by atoms with E-state index in [-0.39, 0.29) is 17.7 Å². The van der Waals surface area contributed by atoms with Crippen LogP contribution in [0, 0.1) is 0 Å². The summed E-state index contributed by atoms with van der Waals surface area (Å²) in [6.07, 6.45) is -4.71. The molecule has 7 heteroatoms. The lowest BCUT2D eigenvalue weighted by Gasteiger charge is -2.05. The first-order valence-corrected chi connectivity index (χ1v) is 5.45. The van der Waals surface area contributed by atoms with E-state index in [9.17, 15) is 18.0 Å². The summed E-state index contributed by atoms with van der Waals surface area (Å²) in [6, 6.07) is 1.02. The second-order valence-corrected chi connectivity index (χ2v) is 3.37. The minimum atomic E-state index is -4.71. The summed E-state index contributed by atoms with van der Waals surface area (Å²) in [4.78, 5) is 11.2. The van der Waals surface area contributed by atoms with Gasteiger partial charge in [-0.15, -0.1) is 0 Å². The quantitative estimate of drug-likeness (QED) is 0.635.